The molecule has 4 aromatic rings. The van der Waals surface area contributed by atoms with Crippen LogP contribution in [0.4, 0.5) is 0 Å². The number of nitrogens with zero attached hydrogens (tertiary/aromatic N) is 5. The van der Waals surface area contributed by atoms with E-state index in [-0.39, 0.29) is 11.2 Å². The van der Waals surface area contributed by atoms with Crippen molar-refractivity contribution in [2.45, 2.75) is 25.6 Å². The number of fused-ring (bicyclic) bond motifs is 1. The molecule has 7 nitrogen and oxygen atoms in total. The number of thioether (sulfide) groups is 1. The molecule has 9 heteroatoms. The Labute approximate surface area is 182 Å². The maximum absolute atomic E-state index is 12.7. The van der Waals surface area contributed by atoms with Crippen LogP contribution in [0, 0.1) is 6.92 Å². The molecule has 0 radical (unpaired) electrons. The summed E-state index contributed by atoms with van der Waals surface area (Å²) in [6.07, 6.45) is 2.30. The van der Waals surface area contributed by atoms with Crippen molar-refractivity contribution < 1.29 is 0 Å². The van der Waals surface area contributed by atoms with Crippen molar-refractivity contribution in [2.75, 3.05) is 5.75 Å². The maximum Gasteiger partial charge on any atom is 0.332 e. The summed E-state index contributed by atoms with van der Waals surface area (Å²) < 4.78 is 4.42. The van der Waals surface area contributed by atoms with Gasteiger partial charge in [0.25, 0.3) is 5.56 Å². The summed E-state index contributed by atoms with van der Waals surface area (Å²) in [7, 11) is 3.42. The maximum atomic E-state index is 12.7. The van der Waals surface area contributed by atoms with E-state index in [1.807, 2.05) is 25.1 Å². The van der Waals surface area contributed by atoms with E-state index in [2.05, 4.69) is 17.1 Å². The molecule has 0 aliphatic heterocycles. The lowest BCUT2D eigenvalue weighted by molar-refractivity contribution is 0.594. The lowest BCUT2D eigenvalue weighted by Crippen LogP contribution is -2.39. The smallest absolute Gasteiger partial charge is 0.328 e. The van der Waals surface area contributed by atoms with Crippen LogP contribution in [-0.2, 0) is 26.4 Å². The van der Waals surface area contributed by atoms with E-state index in [0.717, 1.165) is 34.2 Å². The van der Waals surface area contributed by atoms with Crippen molar-refractivity contribution in [3.05, 3.63) is 68.1 Å². The first-order valence-corrected chi connectivity index (χ1v) is 11.6. The van der Waals surface area contributed by atoms with Gasteiger partial charge in [-0.2, -0.15) is 11.8 Å². The molecule has 0 atom stereocenters. The first kappa shape index (κ1) is 20.6. The molecule has 0 spiro atoms. The molecule has 0 N–H and O–H groups in total. The monoisotopic (exact) mass is 441 g/mol. The quantitative estimate of drug-likeness (QED) is 0.412. The molecule has 0 bridgehead atoms. The summed E-state index contributed by atoms with van der Waals surface area (Å²) in [6.45, 7) is 2.45. The average Bonchev–Trinajstić information content (AvgIpc) is 3.32. The summed E-state index contributed by atoms with van der Waals surface area (Å²) in [4.78, 5) is 35.4. The fraction of sp³-hybridized carbons (Fsp3) is 0.333. The van der Waals surface area contributed by atoms with Gasteiger partial charge in [-0.3, -0.25) is 13.9 Å². The third-order valence-corrected chi connectivity index (χ3v) is 7.48. The molecule has 3 aromatic heterocycles. The molecule has 0 amide bonds. The Morgan fingerprint density at radius 3 is 2.67 bits per heavy atom. The van der Waals surface area contributed by atoms with Crippen molar-refractivity contribution in [3.8, 4) is 10.6 Å². The zero-order valence-electron chi connectivity index (χ0n) is 17.2. The van der Waals surface area contributed by atoms with E-state index in [1.165, 1.54) is 14.0 Å². The first-order chi connectivity index (χ1) is 14.5. The molecule has 4 rings (SSSR count). The summed E-state index contributed by atoms with van der Waals surface area (Å²) >= 11 is 3.53. The van der Waals surface area contributed by atoms with Gasteiger partial charge < -0.3 is 4.57 Å². The predicted molar refractivity (Wildman–Crippen MR) is 123 cm³/mol. The van der Waals surface area contributed by atoms with Gasteiger partial charge >= 0.3 is 5.69 Å². The van der Waals surface area contributed by atoms with Gasteiger partial charge in [0.1, 0.15) is 5.01 Å². The number of hydrogen-bond donors (Lipinski definition) is 0. The van der Waals surface area contributed by atoms with Crippen LogP contribution in [0.15, 0.2) is 46.2 Å². The summed E-state index contributed by atoms with van der Waals surface area (Å²) in [5.74, 6) is 1.74. The Morgan fingerprint density at radius 1 is 1.13 bits per heavy atom. The Kier molecular flexibility index (Phi) is 5.92. The molecule has 0 saturated heterocycles. The van der Waals surface area contributed by atoms with E-state index < -0.39 is 0 Å². The molecule has 1 aromatic carbocycles. The van der Waals surface area contributed by atoms with Gasteiger partial charge in [0.15, 0.2) is 11.2 Å². The van der Waals surface area contributed by atoms with Crippen molar-refractivity contribution in [3.63, 3.8) is 0 Å². The zero-order chi connectivity index (χ0) is 21.3. The lowest BCUT2D eigenvalue weighted by atomic mass is 10.2. The normalized spacial score (nSPS) is 11.4. The Hall–Kier alpha value is -2.65. The summed E-state index contributed by atoms with van der Waals surface area (Å²) in [6, 6.07) is 10.2. The third-order valence-electron chi connectivity index (χ3n) is 5.02. The van der Waals surface area contributed by atoms with E-state index in [4.69, 9.17) is 4.98 Å². The van der Waals surface area contributed by atoms with Crippen LogP contribution in [0.1, 0.15) is 17.0 Å². The largest absolute Gasteiger partial charge is 0.332 e. The standard InChI is InChI=1S/C21H23N5O2S2/c1-14-16(30-19(23-14)15-8-5-4-6-9-15)12-29-11-7-10-26-20(27)17-18(22-13-24(17)2)25(3)21(26)28/h4-6,8-9,13H,7,10-12H2,1-3H3. The molecule has 0 aliphatic rings. The molecular weight excluding hydrogens is 418 g/mol. The van der Waals surface area contributed by atoms with Gasteiger partial charge in [0.05, 0.1) is 12.0 Å². The second-order valence-electron chi connectivity index (χ2n) is 7.13. The number of aromatic nitrogens is 5. The van der Waals surface area contributed by atoms with Crippen molar-refractivity contribution >= 4 is 34.3 Å². The summed E-state index contributed by atoms with van der Waals surface area (Å²) in [5.41, 5.74) is 2.50. The number of benzene rings is 1. The minimum absolute atomic E-state index is 0.274. The second kappa shape index (κ2) is 8.61. The van der Waals surface area contributed by atoms with Crippen LogP contribution in [0.25, 0.3) is 21.7 Å². The number of hydrogen-bond acceptors (Lipinski definition) is 6. The highest BCUT2D eigenvalue weighted by atomic mass is 32.2. The average molecular weight is 442 g/mol. The molecular formula is C21H23N5O2S2. The first-order valence-electron chi connectivity index (χ1n) is 9.67. The lowest BCUT2D eigenvalue weighted by Gasteiger charge is -2.08. The van der Waals surface area contributed by atoms with Gasteiger partial charge in [0.2, 0.25) is 0 Å². The van der Waals surface area contributed by atoms with Gasteiger partial charge in [-0.15, -0.1) is 11.3 Å². The molecule has 0 unspecified atom stereocenters. The Balaban J connectivity index is 1.39. The van der Waals surface area contributed by atoms with Gasteiger partial charge in [-0.25, -0.2) is 14.8 Å². The van der Waals surface area contributed by atoms with Crippen LogP contribution >= 0.6 is 23.1 Å². The molecule has 30 heavy (non-hydrogen) atoms. The minimum atomic E-state index is -0.318. The highest BCUT2D eigenvalue weighted by Crippen LogP contribution is 2.30. The SMILES string of the molecule is Cc1nc(-c2ccccc2)sc1CSCCCn1c(=O)c2c(ncn2C)n(C)c1=O. The Bertz CT molecular complexity index is 1300. The number of aryl methyl sites for hydroxylation is 3. The predicted octanol–water partition coefficient (Wildman–Crippen LogP) is 3.19. The summed E-state index contributed by atoms with van der Waals surface area (Å²) in [5, 5.41) is 1.04. The number of imidazole rings is 1. The van der Waals surface area contributed by atoms with Crippen molar-refractivity contribution in [1.29, 1.82) is 0 Å². The van der Waals surface area contributed by atoms with Crippen LogP contribution in [0.5, 0.6) is 0 Å². The minimum Gasteiger partial charge on any atom is -0.328 e. The fourth-order valence-corrected chi connectivity index (χ4v) is 5.57. The van der Waals surface area contributed by atoms with E-state index in [9.17, 15) is 9.59 Å². The van der Waals surface area contributed by atoms with Gasteiger partial charge in [-0.05, 0) is 19.1 Å². The van der Waals surface area contributed by atoms with Crippen LogP contribution < -0.4 is 11.2 Å². The Morgan fingerprint density at radius 2 is 1.90 bits per heavy atom. The van der Waals surface area contributed by atoms with Crippen LogP contribution in [0.3, 0.4) is 0 Å². The van der Waals surface area contributed by atoms with Crippen molar-refractivity contribution in [1.82, 2.24) is 23.7 Å². The zero-order valence-corrected chi connectivity index (χ0v) is 18.8. The third kappa shape index (κ3) is 3.87. The highest BCUT2D eigenvalue weighted by molar-refractivity contribution is 7.98. The molecule has 156 valence electrons. The molecule has 0 aliphatic carbocycles. The van der Waals surface area contributed by atoms with Crippen molar-refractivity contribution in [2.24, 2.45) is 14.1 Å². The van der Waals surface area contributed by atoms with Crippen LogP contribution in [0.2, 0.25) is 0 Å². The van der Waals surface area contributed by atoms with Gasteiger partial charge in [-0.1, -0.05) is 30.3 Å². The topological polar surface area (TPSA) is 74.7 Å². The number of rotatable bonds is 7. The molecule has 0 fully saturated rings. The molecule has 0 saturated carbocycles. The van der Waals surface area contributed by atoms with E-state index in [0.29, 0.717) is 17.7 Å². The fourth-order valence-electron chi connectivity index (χ4n) is 3.35. The second-order valence-corrected chi connectivity index (χ2v) is 9.31. The van der Waals surface area contributed by atoms with Crippen LogP contribution in [-0.4, -0.2) is 29.4 Å². The molecule has 3 heterocycles. The van der Waals surface area contributed by atoms with E-state index in [1.54, 1.807) is 48.1 Å². The van der Waals surface area contributed by atoms with E-state index >= 15 is 0 Å². The van der Waals surface area contributed by atoms with Gasteiger partial charge in [0, 0.05) is 36.8 Å². The number of thiazole rings is 1. The highest BCUT2D eigenvalue weighted by Gasteiger charge is 2.14.